The molecule has 0 unspecified atom stereocenters. The molecule has 0 aromatic heterocycles. The van der Waals surface area contributed by atoms with Crippen LogP contribution in [0.5, 0.6) is 0 Å². The van der Waals surface area contributed by atoms with Crippen molar-refractivity contribution in [3.8, 4) is 0 Å². The predicted molar refractivity (Wildman–Crippen MR) is 84.9 cm³/mol. The molecule has 2 atom stereocenters. The van der Waals surface area contributed by atoms with E-state index in [1.54, 1.807) is 0 Å². The molecule has 1 aliphatic rings. The van der Waals surface area contributed by atoms with E-state index in [0.717, 1.165) is 32.4 Å². The van der Waals surface area contributed by atoms with Crippen LogP contribution in [0.2, 0.25) is 0 Å². The summed E-state index contributed by atoms with van der Waals surface area (Å²) in [6.07, 6.45) is -2.61. The molecule has 0 saturated heterocycles. The highest BCUT2D eigenvalue weighted by atomic mass is 19.4. The van der Waals surface area contributed by atoms with Crippen LogP contribution in [0, 0.1) is 11.8 Å². The summed E-state index contributed by atoms with van der Waals surface area (Å²) < 4.78 is 37.7. The summed E-state index contributed by atoms with van der Waals surface area (Å²) in [4.78, 5) is 16.2. The molecule has 1 saturated carbocycles. The normalized spacial score (nSPS) is 21.9. The highest BCUT2D eigenvalue weighted by Gasteiger charge is 2.36. The van der Waals surface area contributed by atoms with Crippen LogP contribution in [0.15, 0.2) is 0 Å². The van der Waals surface area contributed by atoms with E-state index in [2.05, 4.69) is 4.90 Å². The van der Waals surface area contributed by atoms with E-state index >= 15 is 0 Å². The monoisotopic (exact) mass is 337 g/mol. The summed E-state index contributed by atoms with van der Waals surface area (Å²) in [5.41, 5.74) is 5.71. The number of carbonyl (C=O) groups is 1. The van der Waals surface area contributed by atoms with Crippen molar-refractivity contribution in [1.29, 1.82) is 0 Å². The average Bonchev–Trinajstić information content (AvgIpc) is 2.98. The summed E-state index contributed by atoms with van der Waals surface area (Å²) in [7, 11) is 0. The molecule has 0 spiro atoms. The number of nitrogens with two attached hydrogens (primary N) is 1. The standard InChI is InChI=1S/C16H30F3N3O/c1-3-21(4-2)10-11-22(9-8-16(17,18)19)15(23)14-7-5-6-13(14)12-20/h13-14H,3-12,20H2,1-2H3/t13-,14-/m1/s1. The molecule has 136 valence electrons. The van der Waals surface area contributed by atoms with Gasteiger partial charge in [0.15, 0.2) is 0 Å². The van der Waals surface area contributed by atoms with E-state index in [4.69, 9.17) is 5.73 Å². The van der Waals surface area contributed by atoms with Gasteiger partial charge in [-0.25, -0.2) is 0 Å². The van der Waals surface area contributed by atoms with Crippen LogP contribution in [0.3, 0.4) is 0 Å². The maximum Gasteiger partial charge on any atom is 0.390 e. The van der Waals surface area contributed by atoms with Gasteiger partial charge in [-0.05, 0) is 38.4 Å². The topological polar surface area (TPSA) is 49.6 Å². The fourth-order valence-electron chi connectivity index (χ4n) is 3.27. The highest BCUT2D eigenvalue weighted by molar-refractivity contribution is 5.79. The Morgan fingerprint density at radius 3 is 2.30 bits per heavy atom. The first-order valence-corrected chi connectivity index (χ1v) is 8.60. The zero-order valence-corrected chi connectivity index (χ0v) is 14.2. The van der Waals surface area contributed by atoms with Gasteiger partial charge in [0.1, 0.15) is 0 Å². The Labute approximate surface area is 137 Å². The molecule has 0 bridgehead atoms. The van der Waals surface area contributed by atoms with Crippen LogP contribution in [0.25, 0.3) is 0 Å². The lowest BCUT2D eigenvalue weighted by molar-refractivity contribution is -0.148. The molecule has 0 heterocycles. The van der Waals surface area contributed by atoms with Crippen LogP contribution >= 0.6 is 0 Å². The maximum absolute atomic E-state index is 12.7. The molecular weight excluding hydrogens is 307 g/mol. The maximum atomic E-state index is 12.7. The summed E-state index contributed by atoms with van der Waals surface area (Å²) in [5.74, 6) is -0.233. The first kappa shape index (κ1) is 20.2. The summed E-state index contributed by atoms with van der Waals surface area (Å²) in [5, 5.41) is 0. The number of hydrogen-bond acceptors (Lipinski definition) is 3. The molecule has 4 nitrogen and oxygen atoms in total. The molecule has 7 heteroatoms. The van der Waals surface area contributed by atoms with Crippen LogP contribution in [-0.2, 0) is 4.79 Å². The van der Waals surface area contributed by atoms with Gasteiger partial charge in [0.05, 0.1) is 6.42 Å². The predicted octanol–water partition coefficient (Wildman–Crippen LogP) is 2.48. The van der Waals surface area contributed by atoms with Gasteiger partial charge in [-0.15, -0.1) is 0 Å². The fourth-order valence-corrected chi connectivity index (χ4v) is 3.27. The second-order valence-electron chi connectivity index (χ2n) is 6.25. The highest BCUT2D eigenvalue weighted by Crippen LogP contribution is 2.32. The van der Waals surface area contributed by atoms with Gasteiger partial charge in [0.25, 0.3) is 0 Å². The van der Waals surface area contributed by atoms with Crippen LogP contribution in [-0.4, -0.2) is 61.2 Å². The van der Waals surface area contributed by atoms with E-state index in [0.29, 0.717) is 19.6 Å². The lowest BCUT2D eigenvalue weighted by atomic mass is 9.94. The minimum Gasteiger partial charge on any atom is -0.341 e. The fraction of sp³-hybridized carbons (Fsp3) is 0.938. The van der Waals surface area contributed by atoms with Gasteiger partial charge in [-0.3, -0.25) is 4.79 Å². The second-order valence-corrected chi connectivity index (χ2v) is 6.25. The Morgan fingerprint density at radius 2 is 1.78 bits per heavy atom. The SMILES string of the molecule is CCN(CC)CCN(CCC(F)(F)F)C(=O)[C@@H]1CCC[C@@H]1CN. The molecule has 0 radical (unpaired) electrons. The Morgan fingerprint density at radius 1 is 1.13 bits per heavy atom. The van der Waals surface area contributed by atoms with Crippen LogP contribution in [0.1, 0.15) is 39.5 Å². The zero-order valence-electron chi connectivity index (χ0n) is 14.2. The van der Waals surface area contributed by atoms with E-state index in [1.165, 1.54) is 4.90 Å². The largest absolute Gasteiger partial charge is 0.390 e. The number of halogens is 3. The van der Waals surface area contributed by atoms with Crippen LogP contribution < -0.4 is 5.73 Å². The molecule has 2 N–H and O–H groups in total. The van der Waals surface area contributed by atoms with Gasteiger partial charge in [0, 0.05) is 25.6 Å². The molecule has 0 aromatic rings. The first-order valence-electron chi connectivity index (χ1n) is 8.60. The second kappa shape index (κ2) is 9.47. The Balaban J connectivity index is 2.70. The third kappa shape index (κ3) is 6.67. The van der Waals surface area contributed by atoms with Crippen molar-refractivity contribution in [3.63, 3.8) is 0 Å². The smallest absolute Gasteiger partial charge is 0.341 e. The Bertz CT molecular complexity index is 359. The minimum absolute atomic E-state index is 0.115. The average molecular weight is 337 g/mol. The van der Waals surface area contributed by atoms with Crippen LogP contribution in [0.4, 0.5) is 13.2 Å². The number of alkyl halides is 3. The third-order valence-corrected chi connectivity index (χ3v) is 4.84. The van der Waals surface area contributed by atoms with Crippen molar-refractivity contribution in [2.75, 3.05) is 39.3 Å². The lowest BCUT2D eigenvalue weighted by Gasteiger charge is -2.30. The van der Waals surface area contributed by atoms with Gasteiger partial charge in [-0.2, -0.15) is 13.2 Å². The number of nitrogens with zero attached hydrogens (tertiary/aromatic N) is 2. The minimum atomic E-state index is -4.24. The number of likely N-dealkylation sites (N-methyl/N-ethyl adjacent to an activating group) is 1. The van der Waals surface area contributed by atoms with E-state index < -0.39 is 12.6 Å². The molecule has 1 fully saturated rings. The summed E-state index contributed by atoms with van der Waals surface area (Å²) in [6.45, 7) is 6.80. The van der Waals surface area contributed by atoms with Crippen molar-refractivity contribution >= 4 is 5.91 Å². The van der Waals surface area contributed by atoms with E-state index in [9.17, 15) is 18.0 Å². The van der Waals surface area contributed by atoms with Gasteiger partial charge < -0.3 is 15.5 Å². The van der Waals surface area contributed by atoms with Crippen molar-refractivity contribution in [1.82, 2.24) is 9.80 Å². The van der Waals surface area contributed by atoms with E-state index in [-0.39, 0.29) is 24.3 Å². The van der Waals surface area contributed by atoms with Gasteiger partial charge in [-0.1, -0.05) is 20.3 Å². The first-order chi connectivity index (χ1) is 10.8. The number of amides is 1. The van der Waals surface area contributed by atoms with Crippen molar-refractivity contribution in [2.24, 2.45) is 17.6 Å². The van der Waals surface area contributed by atoms with Crippen molar-refractivity contribution < 1.29 is 18.0 Å². The Kier molecular flexibility index (Phi) is 8.33. The number of hydrogen-bond donors (Lipinski definition) is 1. The molecule has 0 aliphatic heterocycles. The lowest BCUT2D eigenvalue weighted by Crippen LogP contribution is -2.44. The molecule has 1 rings (SSSR count). The third-order valence-electron chi connectivity index (χ3n) is 4.84. The quantitative estimate of drug-likeness (QED) is 0.703. The molecule has 23 heavy (non-hydrogen) atoms. The summed E-state index contributed by atoms with van der Waals surface area (Å²) >= 11 is 0. The van der Waals surface area contributed by atoms with Crippen molar-refractivity contribution in [2.45, 2.75) is 45.7 Å². The molecule has 1 aliphatic carbocycles. The molecular formula is C16H30F3N3O. The molecule has 0 aromatic carbocycles. The summed E-state index contributed by atoms with van der Waals surface area (Å²) in [6, 6.07) is 0. The Hall–Kier alpha value is -0.820. The van der Waals surface area contributed by atoms with Crippen molar-refractivity contribution in [3.05, 3.63) is 0 Å². The zero-order chi connectivity index (χ0) is 17.5. The van der Waals surface area contributed by atoms with E-state index in [1.807, 2.05) is 13.8 Å². The van der Waals surface area contributed by atoms with Gasteiger partial charge in [0.2, 0.25) is 5.91 Å². The number of carbonyl (C=O) groups excluding carboxylic acids is 1. The van der Waals surface area contributed by atoms with Gasteiger partial charge >= 0.3 is 6.18 Å². The molecule has 1 amide bonds. The number of rotatable bonds is 9.